The lowest BCUT2D eigenvalue weighted by atomic mass is 9.68. The number of likely N-dealkylation sites (tertiary alicyclic amines) is 1. The highest BCUT2D eigenvalue weighted by molar-refractivity contribution is 4.90. The monoisotopic (exact) mass is 351 g/mol. The first-order valence-corrected chi connectivity index (χ1v) is 11.0. The van der Waals surface area contributed by atoms with Crippen LogP contribution in [0.1, 0.15) is 91.9 Å². The highest BCUT2D eigenvalue weighted by atomic mass is 16.7. The van der Waals surface area contributed by atoms with Crippen molar-refractivity contribution < 1.29 is 9.47 Å². The van der Waals surface area contributed by atoms with Crippen molar-refractivity contribution in [3.63, 3.8) is 0 Å². The third-order valence-electron chi connectivity index (χ3n) is 7.34. The molecule has 0 aromatic heterocycles. The second kappa shape index (κ2) is 8.27. The molecule has 3 aliphatic rings. The van der Waals surface area contributed by atoms with Gasteiger partial charge in [0.25, 0.3) is 0 Å². The molecule has 2 heterocycles. The first kappa shape index (κ1) is 19.6. The van der Waals surface area contributed by atoms with Crippen molar-refractivity contribution in [1.29, 1.82) is 0 Å². The zero-order chi connectivity index (χ0) is 17.9. The summed E-state index contributed by atoms with van der Waals surface area (Å²) in [7, 11) is 0. The van der Waals surface area contributed by atoms with E-state index in [9.17, 15) is 0 Å². The summed E-state index contributed by atoms with van der Waals surface area (Å²) in [5.41, 5.74) is 0.471. The first-order chi connectivity index (χ1) is 11.9. The molecule has 3 nitrogen and oxygen atoms in total. The van der Waals surface area contributed by atoms with Crippen molar-refractivity contribution in [2.24, 2.45) is 11.3 Å². The van der Waals surface area contributed by atoms with Crippen LogP contribution in [0.3, 0.4) is 0 Å². The molecule has 1 aliphatic carbocycles. The van der Waals surface area contributed by atoms with Crippen LogP contribution in [0.2, 0.25) is 0 Å². The lowest BCUT2D eigenvalue weighted by molar-refractivity contribution is -0.197. The minimum absolute atomic E-state index is 0.239. The van der Waals surface area contributed by atoms with Crippen molar-refractivity contribution in [2.75, 3.05) is 19.7 Å². The average Bonchev–Trinajstić information content (AvgIpc) is 2.97. The molecule has 3 heteroatoms. The van der Waals surface area contributed by atoms with Crippen LogP contribution in [0.5, 0.6) is 0 Å². The topological polar surface area (TPSA) is 21.7 Å². The fourth-order valence-corrected chi connectivity index (χ4v) is 5.51. The van der Waals surface area contributed by atoms with E-state index in [1.165, 1.54) is 58.0 Å². The average molecular weight is 352 g/mol. The van der Waals surface area contributed by atoms with E-state index in [1.807, 2.05) is 0 Å². The molecule has 1 spiro atoms. The normalized spacial score (nSPS) is 37.7. The van der Waals surface area contributed by atoms with Gasteiger partial charge in [-0.05, 0) is 63.3 Å². The Labute approximate surface area is 155 Å². The second-order valence-corrected chi connectivity index (χ2v) is 9.64. The molecule has 2 aliphatic heterocycles. The van der Waals surface area contributed by atoms with Crippen molar-refractivity contribution in [1.82, 2.24) is 4.90 Å². The summed E-state index contributed by atoms with van der Waals surface area (Å²) in [5, 5.41) is 0. The number of rotatable bonds is 6. The van der Waals surface area contributed by atoms with Gasteiger partial charge in [0, 0.05) is 25.4 Å². The molecule has 3 fully saturated rings. The van der Waals surface area contributed by atoms with E-state index in [1.54, 1.807) is 0 Å². The van der Waals surface area contributed by atoms with Gasteiger partial charge in [0.2, 0.25) is 0 Å². The molecule has 25 heavy (non-hydrogen) atoms. The smallest absolute Gasteiger partial charge is 0.168 e. The SMILES string of the molecule is CCCC(C)(C)C1CCC2(CC1)OCC(CCN1CCCCC1C)O2. The maximum absolute atomic E-state index is 6.49. The molecule has 1 saturated carbocycles. The Hall–Kier alpha value is -0.120. The van der Waals surface area contributed by atoms with E-state index in [4.69, 9.17) is 9.47 Å². The molecular formula is C22H41NO2. The van der Waals surface area contributed by atoms with Crippen LogP contribution < -0.4 is 0 Å². The molecule has 2 saturated heterocycles. The van der Waals surface area contributed by atoms with Crippen molar-refractivity contribution >= 4 is 0 Å². The van der Waals surface area contributed by atoms with Crippen LogP contribution in [0, 0.1) is 11.3 Å². The summed E-state index contributed by atoms with van der Waals surface area (Å²) in [6.07, 6.45) is 12.9. The Morgan fingerprint density at radius 2 is 1.88 bits per heavy atom. The Balaban J connectivity index is 1.43. The Morgan fingerprint density at radius 3 is 2.56 bits per heavy atom. The Kier molecular flexibility index (Phi) is 6.50. The van der Waals surface area contributed by atoms with Gasteiger partial charge in [-0.1, -0.05) is 33.6 Å². The minimum Gasteiger partial charge on any atom is -0.347 e. The summed E-state index contributed by atoms with van der Waals surface area (Å²) in [6, 6.07) is 0.751. The zero-order valence-electron chi connectivity index (χ0n) is 17.2. The molecule has 2 unspecified atom stereocenters. The molecule has 0 bridgehead atoms. The van der Waals surface area contributed by atoms with Gasteiger partial charge in [0.15, 0.2) is 5.79 Å². The summed E-state index contributed by atoms with van der Waals surface area (Å²) in [4.78, 5) is 2.65. The maximum atomic E-state index is 6.49. The van der Waals surface area contributed by atoms with Gasteiger partial charge < -0.3 is 14.4 Å². The lowest BCUT2D eigenvalue weighted by Gasteiger charge is -2.42. The molecule has 0 radical (unpaired) electrons. The second-order valence-electron chi connectivity index (χ2n) is 9.64. The minimum atomic E-state index is -0.239. The van der Waals surface area contributed by atoms with Crippen LogP contribution in [-0.2, 0) is 9.47 Å². The molecule has 0 aromatic rings. The van der Waals surface area contributed by atoms with Gasteiger partial charge >= 0.3 is 0 Å². The fraction of sp³-hybridized carbons (Fsp3) is 1.00. The van der Waals surface area contributed by atoms with Gasteiger partial charge in [-0.15, -0.1) is 0 Å². The molecule has 0 aromatic carbocycles. The summed E-state index contributed by atoms with van der Waals surface area (Å²) < 4.78 is 12.7. The van der Waals surface area contributed by atoms with Crippen LogP contribution in [0.25, 0.3) is 0 Å². The van der Waals surface area contributed by atoms with Gasteiger partial charge in [-0.25, -0.2) is 0 Å². The zero-order valence-corrected chi connectivity index (χ0v) is 17.2. The van der Waals surface area contributed by atoms with Crippen LogP contribution in [-0.4, -0.2) is 42.5 Å². The first-order valence-electron chi connectivity index (χ1n) is 11.0. The van der Waals surface area contributed by atoms with Crippen molar-refractivity contribution in [3.05, 3.63) is 0 Å². The number of hydrogen-bond donors (Lipinski definition) is 0. The molecule has 2 atom stereocenters. The predicted octanol–water partition coefficient (Wildman–Crippen LogP) is 5.38. The molecule has 0 amide bonds. The van der Waals surface area contributed by atoms with Crippen LogP contribution in [0.15, 0.2) is 0 Å². The molecule has 0 N–H and O–H groups in total. The summed E-state index contributed by atoms with van der Waals surface area (Å²) in [5.74, 6) is 0.593. The summed E-state index contributed by atoms with van der Waals surface area (Å²) in [6.45, 7) is 12.9. The third-order valence-corrected chi connectivity index (χ3v) is 7.34. The van der Waals surface area contributed by atoms with Gasteiger partial charge in [0.05, 0.1) is 12.7 Å². The predicted molar refractivity (Wildman–Crippen MR) is 104 cm³/mol. The number of nitrogens with zero attached hydrogens (tertiary/aromatic N) is 1. The van der Waals surface area contributed by atoms with E-state index >= 15 is 0 Å². The quantitative estimate of drug-likeness (QED) is 0.641. The highest BCUT2D eigenvalue weighted by Gasteiger charge is 2.46. The van der Waals surface area contributed by atoms with E-state index in [0.717, 1.165) is 37.8 Å². The Bertz CT molecular complexity index is 414. The molecular weight excluding hydrogens is 310 g/mol. The molecule has 3 rings (SSSR count). The van der Waals surface area contributed by atoms with E-state index in [-0.39, 0.29) is 5.79 Å². The van der Waals surface area contributed by atoms with Gasteiger partial charge in [0.1, 0.15) is 0 Å². The third kappa shape index (κ3) is 4.78. The van der Waals surface area contributed by atoms with Crippen molar-refractivity contribution in [3.8, 4) is 0 Å². The number of ether oxygens (including phenoxy) is 2. The van der Waals surface area contributed by atoms with E-state index in [2.05, 4.69) is 32.6 Å². The van der Waals surface area contributed by atoms with Crippen LogP contribution >= 0.6 is 0 Å². The highest BCUT2D eigenvalue weighted by Crippen LogP contribution is 2.47. The fourth-order valence-electron chi connectivity index (χ4n) is 5.51. The number of hydrogen-bond acceptors (Lipinski definition) is 3. The number of piperidine rings is 1. The van der Waals surface area contributed by atoms with E-state index in [0.29, 0.717) is 11.5 Å². The van der Waals surface area contributed by atoms with Gasteiger partial charge in [-0.2, -0.15) is 0 Å². The van der Waals surface area contributed by atoms with Gasteiger partial charge in [-0.3, -0.25) is 0 Å². The van der Waals surface area contributed by atoms with E-state index < -0.39 is 0 Å². The van der Waals surface area contributed by atoms with Crippen LogP contribution in [0.4, 0.5) is 0 Å². The molecule has 146 valence electrons. The Morgan fingerprint density at radius 1 is 1.12 bits per heavy atom. The van der Waals surface area contributed by atoms with Crippen molar-refractivity contribution in [2.45, 2.75) is 110 Å². The lowest BCUT2D eigenvalue weighted by Crippen LogP contribution is -2.41. The standard InChI is InChI=1S/C22H41NO2/c1-5-12-21(3,4)19-9-13-22(14-10-19)24-17-20(25-22)11-16-23-15-7-6-8-18(23)2/h18-20H,5-17H2,1-4H3. The summed E-state index contributed by atoms with van der Waals surface area (Å²) >= 11 is 0. The largest absolute Gasteiger partial charge is 0.347 e. The maximum Gasteiger partial charge on any atom is 0.168 e.